The van der Waals surface area contributed by atoms with Crippen LogP contribution in [-0.4, -0.2) is 36.5 Å². The minimum Gasteiger partial charge on any atom is -0.389 e. The quantitative estimate of drug-likeness (QED) is 0.632. The van der Waals surface area contributed by atoms with E-state index < -0.39 is 6.10 Å². The highest BCUT2D eigenvalue weighted by Gasteiger charge is 2.24. The molecule has 0 heterocycles. The Labute approximate surface area is 118 Å². The highest BCUT2D eigenvalue weighted by molar-refractivity contribution is 4.77. The van der Waals surface area contributed by atoms with E-state index in [9.17, 15) is 5.11 Å². The standard InChI is InChI=1S/C16H31NO2/c1-4-8-13(3)17-11-15(18)12-19-16-10-7-6-9-14(16)5-2/h4,13-18H,1,5-12H2,2-3H3. The molecule has 1 saturated carbocycles. The average Bonchev–Trinajstić information content (AvgIpc) is 2.43. The minimum absolute atomic E-state index is 0.360. The van der Waals surface area contributed by atoms with Crippen molar-refractivity contribution in [2.45, 2.75) is 70.6 Å². The maximum atomic E-state index is 9.94. The smallest absolute Gasteiger partial charge is 0.0897 e. The number of aliphatic hydroxyl groups is 1. The molecule has 112 valence electrons. The lowest BCUT2D eigenvalue weighted by Crippen LogP contribution is -2.38. The van der Waals surface area contributed by atoms with Crippen LogP contribution in [0.1, 0.15) is 52.4 Å². The van der Waals surface area contributed by atoms with Crippen LogP contribution in [0.25, 0.3) is 0 Å². The molecule has 1 fully saturated rings. The molecule has 4 unspecified atom stereocenters. The maximum Gasteiger partial charge on any atom is 0.0897 e. The number of hydrogen-bond donors (Lipinski definition) is 2. The molecule has 0 aromatic carbocycles. The summed E-state index contributed by atoms with van der Waals surface area (Å²) in [5, 5.41) is 13.2. The van der Waals surface area contributed by atoms with Gasteiger partial charge in [-0.05, 0) is 32.1 Å². The van der Waals surface area contributed by atoms with Gasteiger partial charge in [0.1, 0.15) is 0 Å². The van der Waals surface area contributed by atoms with Gasteiger partial charge in [-0.3, -0.25) is 0 Å². The van der Waals surface area contributed by atoms with Gasteiger partial charge in [-0.2, -0.15) is 0 Å². The molecule has 2 N–H and O–H groups in total. The summed E-state index contributed by atoms with van der Waals surface area (Å²) in [5.74, 6) is 0.689. The third-order valence-corrected chi connectivity index (χ3v) is 4.09. The fourth-order valence-corrected chi connectivity index (χ4v) is 2.82. The summed E-state index contributed by atoms with van der Waals surface area (Å²) in [6.07, 6.45) is 9.01. The largest absolute Gasteiger partial charge is 0.389 e. The first-order valence-electron chi connectivity index (χ1n) is 7.81. The number of ether oxygens (including phenoxy) is 1. The molecule has 4 atom stereocenters. The fraction of sp³-hybridized carbons (Fsp3) is 0.875. The van der Waals surface area contributed by atoms with Crippen molar-refractivity contribution < 1.29 is 9.84 Å². The second kappa shape index (κ2) is 9.51. The molecule has 1 aliphatic carbocycles. The first-order valence-corrected chi connectivity index (χ1v) is 7.81. The molecule has 0 aromatic rings. The van der Waals surface area contributed by atoms with Gasteiger partial charge in [-0.1, -0.05) is 32.3 Å². The fourth-order valence-electron chi connectivity index (χ4n) is 2.82. The third-order valence-electron chi connectivity index (χ3n) is 4.09. The van der Waals surface area contributed by atoms with Gasteiger partial charge in [0, 0.05) is 12.6 Å². The maximum absolute atomic E-state index is 9.94. The van der Waals surface area contributed by atoms with Gasteiger partial charge >= 0.3 is 0 Å². The molecule has 1 aliphatic rings. The van der Waals surface area contributed by atoms with E-state index in [-0.39, 0.29) is 0 Å². The normalized spacial score (nSPS) is 26.9. The molecule has 0 saturated heterocycles. The Morgan fingerprint density at radius 3 is 2.84 bits per heavy atom. The molecule has 0 bridgehead atoms. The summed E-state index contributed by atoms with van der Waals surface area (Å²) >= 11 is 0. The zero-order chi connectivity index (χ0) is 14.1. The predicted molar refractivity (Wildman–Crippen MR) is 80.3 cm³/mol. The van der Waals surface area contributed by atoms with Gasteiger partial charge in [-0.25, -0.2) is 0 Å². The van der Waals surface area contributed by atoms with Crippen molar-refractivity contribution in [3.63, 3.8) is 0 Å². The van der Waals surface area contributed by atoms with Crippen molar-refractivity contribution >= 4 is 0 Å². The third kappa shape index (κ3) is 6.55. The van der Waals surface area contributed by atoms with E-state index in [4.69, 9.17) is 4.74 Å². The Kier molecular flexibility index (Phi) is 8.35. The summed E-state index contributed by atoms with van der Waals surface area (Å²) < 4.78 is 5.93. The Balaban J connectivity index is 2.17. The van der Waals surface area contributed by atoms with E-state index >= 15 is 0 Å². The van der Waals surface area contributed by atoms with Gasteiger partial charge < -0.3 is 15.2 Å². The predicted octanol–water partition coefficient (Wildman–Crippen LogP) is 2.89. The van der Waals surface area contributed by atoms with Gasteiger partial charge in [0.15, 0.2) is 0 Å². The second-order valence-corrected chi connectivity index (χ2v) is 5.81. The molecular formula is C16H31NO2. The van der Waals surface area contributed by atoms with E-state index in [1.54, 1.807) is 0 Å². The molecular weight excluding hydrogens is 238 g/mol. The Morgan fingerprint density at radius 1 is 1.42 bits per heavy atom. The van der Waals surface area contributed by atoms with Crippen LogP contribution in [0.15, 0.2) is 12.7 Å². The summed E-state index contributed by atoms with van der Waals surface area (Å²) in [4.78, 5) is 0. The van der Waals surface area contributed by atoms with Crippen molar-refractivity contribution in [2.75, 3.05) is 13.2 Å². The lowest BCUT2D eigenvalue weighted by Gasteiger charge is -2.31. The summed E-state index contributed by atoms with van der Waals surface area (Å²) in [7, 11) is 0. The molecule has 3 heteroatoms. The zero-order valence-electron chi connectivity index (χ0n) is 12.6. The Hall–Kier alpha value is -0.380. The highest BCUT2D eigenvalue weighted by atomic mass is 16.5. The lowest BCUT2D eigenvalue weighted by atomic mass is 9.85. The van der Waals surface area contributed by atoms with E-state index in [0.29, 0.717) is 31.2 Å². The average molecular weight is 269 g/mol. The van der Waals surface area contributed by atoms with Crippen LogP contribution >= 0.6 is 0 Å². The van der Waals surface area contributed by atoms with E-state index in [1.807, 2.05) is 6.08 Å². The minimum atomic E-state index is -0.410. The van der Waals surface area contributed by atoms with Crippen molar-refractivity contribution in [1.29, 1.82) is 0 Å². The summed E-state index contributed by atoms with van der Waals surface area (Å²) in [6, 6.07) is 0.366. The highest BCUT2D eigenvalue weighted by Crippen LogP contribution is 2.29. The zero-order valence-corrected chi connectivity index (χ0v) is 12.6. The van der Waals surface area contributed by atoms with Gasteiger partial charge in [0.25, 0.3) is 0 Å². The lowest BCUT2D eigenvalue weighted by molar-refractivity contribution is -0.0502. The van der Waals surface area contributed by atoms with Gasteiger partial charge in [-0.15, -0.1) is 6.58 Å². The number of nitrogens with one attached hydrogen (secondary N) is 1. The topological polar surface area (TPSA) is 41.5 Å². The molecule has 3 nitrogen and oxygen atoms in total. The summed E-state index contributed by atoms with van der Waals surface area (Å²) in [6.45, 7) is 9.10. The van der Waals surface area contributed by atoms with Crippen LogP contribution in [0.2, 0.25) is 0 Å². The number of hydrogen-bond acceptors (Lipinski definition) is 3. The van der Waals surface area contributed by atoms with Crippen LogP contribution in [0.5, 0.6) is 0 Å². The van der Waals surface area contributed by atoms with E-state index in [0.717, 1.165) is 12.8 Å². The molecule has 19 heavy (non-hydrogen) atoms. The van der Waals surface area contributed by atoms with Crippen molar-refractivity contribution in [1.82, 2.24) is 5.32 Å². The summed E-state index contributed by atoms with van der Waals surface area (Å²) in [5.41, 5.74) is 0. The Morgan fingerprint density at radius 2 is 2.16 bits per heavy atom. The first-order chi connectivity index (χ1) is 9.17. The molecule has 1 rings (SSSR count). The van der Waals surface area contributed by atoms with Crippen LogP contribution in [0.3, 0.4) is 0 Å². The van der Waals surface area contributed by atoms with Crippen molar-refractivity contribution in [3.8, 4) is 0 Å². The van der Waals surface area contributed by atoms with Crippen LogP contribution in [0.4, 0.5) is 0 Å². The van der Waals surface area contributed by atoms with Gasteiger partial charge in [0.05, 0.1) is 18.8 Å². The van der Waals surface area contributed by atoms with E-state index in [1.165, 1.54) is 25.7 Å². The molecule has 0 aliphatic heterocycles. The van der Waals surface area contributed by atoms with Crippen molar-refractivity contribution in [2.24, 2.45) is 5.92 Å². The van der Waals surface area contributed by atoms with Crippen molar-refractivity contribution in [3.05, 3.63) is 12.7 Å². The van der Waals surface area contributed by atoms with Crippen LogP contribution < -0.4 is 5.32 Å². The molecule has 0 aromatic heterocycles. The number of rotatable bonds is 9. The SMILES string of the molecule is C=CCC(C)NCC(O)COC1CCCCC1CC. The van der Waals surface area contributed by atoms with Gasteiger partial charge in [0.2, 0.25) is 0 Å². The molecule has 0 amide bonds. The number of aliphatic hydroxyl groups excluding tert-OH is 1. The molecule has 0 radical (unpaired) electrons. The monoisotopic (exact) mass is 269 g/mol. The van der Waals surface area contributed by atoms with E-state index in [2.05, 4.69) is 25.7 Å². The van der Waals surface area contributed by atoms with Crippen LogP contribution in [-0.2, 0) is 4.74 Å². The first kappa shape index (κ1) is 16.7. The second-order valence-electron chi connectivity index (χ2n) is 5.81. The van der Waals surface area contributed by atoms with Crippen LogP contribution in [0, 0.1) is 5.92 Å². The Bertz CT molecular complexity index is 245. The molecule has 0 spiro atoms.